The van der Waals surface area contributed by atoms with Crippen LogP contribution in [0.15, 0.2) is 24.3 Å². The fraction of sp³-hybridized carbons (Fsp3) is 0.500. The van der Waals surface area contributed by atoms with E-state index in [1.807, 2.05) is 0 Å². The van der Waals surface area contributed by atoms with E-state index in [9.17, 15) is 9.18 Å². The summed E-state index contributed by atoms with van der Waals surface area (Å²) in [7, 11) is 0. The molecule has 1 aliphatic rings. The van der Waals surface area contributed by atoms with Crippen molar-refractivity contribution in [2.24, 2.45) is 0 Å². The highest BCUT2D eigenvalue weighted by atomic mass is 19.1. The topological polar surface area (TPSA) is 29.5 Å². The molecule has 1 aromatic carbocycles. The van der Waals surface area contributed by atoms with Crippen LogP contribution in [0.25, 0.3) is 0 Å². The van der Waals surface area contributed by atoms with Crippen LogP contribution in [0.3, 0.4) is 0 Å². The van der Waals surface area contributed by atoms with Crippen LogP contribution in [0.1, 0.15) is 24.8 Å². The number of likely N-dealkylation sites (tertiary alicyclic amines) is 1. The minimum atomic E-state index is -0.279. The lowest BCUT2D eigenvalue weighted by Crippen LogP contribution is -2.35. The third-order valence-corrected chi connectivity index (χ3v) is 3.11. The summed E-state index contributed by atoms with van der Waals surface area (Å²) >= 11 is 0. The normalized spacial score (nSPS) is 16.5. The molecule has 1 aromatic rings. The average molecular weight is 251 g/mol. The minimum Gasteiger partial charge on any atom is -0.460 e. The molecule has 1 aliphatic heterocycles. The molecule has 18 heavy (non-hydrogen) atoms. The largest absolute Gasteiger partial charge is 0.460 e. The number of carbonyl (C=O) groups is 1. The van der Waals surface area contributed by atoms with Gasteiger partial charge >= 0.3 is 5.97 Å². The number of hydrogen-bond acceptors (Lipinski definition) is 3. The number of hydrogen-bond donors (Lipinski definition) is 0. The Morgan fingerprint density at radius 2 is 1.83 bits per heavy atom. The van der Waals surface area contributed by atoms with Gasteiger partial charge in [-0.25, -0.2) is 4.39 Å². The monoisotopic (exact) mass is 251 g/mol. The lowest BCUT2D eigenvalue weighted by atomic mass is 10.1. The third-order valence-electron chi connectivity index (χ3n) is 3.11. The molecular formula is C14H18FNO2. The van der Waals surface area contributed by atoms with E-state index in [-0.39, 0.29) is 18.4 Å². The van der Waals surface area contributed by atoms with Crippen molar-refractivity contribution in [2.45, 2.75) is 25.9 Å². The number of halogens is 1. The second-order valence-electron chi connectivity index (χ2n) is 4.62. The van der Waals surface area contributed by atoms with Gasteiger partial charge in [0.05, 0.1) is 6.54 Å². The molecule has 0 amide bonds. The minimum absolute atomic E-state index is 0.207. The van der Waals surface area contributed by atoms with Crippen molar-refractivity contribution >= 4 is 5.97 Å². The van der Waals surface area contributed by atoms with E-state index in [1.54, 1.807) is 12.1 Å². The van der Waals surface area contributed by atoms with Gasteiger partial charge in [-0.3, -0.25) is 9.69 Å². The van der Waals surface area contributed by atoms with E-state index < -0.39 is 0 Å². The highest BCUT2D eigenvalue weighted by molar-refractivity contribution is 5.71. The van der Waals surface area contributed by atoms with Gasteiger partial charge in [0.1, 0.15) is 12.4 Å². The van der Waals surface area contributed by atoms with Crippen LogP contribution < -0.4 is 0 Å². The maximum absolute atomic E-state index is 12.7. The van der Waals surface area contributed by atoms with E-state index in [1.165, 1.54) is 18.6 Å². The zero-order valence-electron chi connectivity index (χ0n) is 10.4. The predicted octanol–water partition coefficient (Wildman–Crippen LogP) is 2.35. The van der Waals surface area contributed by atoms with Crippen LogP contribution in [-0.4, -0.2) is 30.5 Å². The number of ether oxygens (including phenoxy) is 1. The van der Waals surface area contributed by atoms with Gasteiger partial charge in [-0.1, -0.05) is 18.6 Å². The molecule has 98 valence electrons. The van der Waals surface area contributed by atoms with Gasteiger partial charge < -0.3 is 4.74 Å². The van der Waals surface area contributed by atoms with Crippen molar-refractivity contribution in [1.82, 2.24) is 4.90 Å². The van der Waals surface area contributed by atoms with Gasteiger partial charge in [0.15, 0.2) is 0 Å². The van der Waals surface area contributed by atoms with Crippen LogP contribution in [-0.2, 0) is 16.1 Å². The summed E-state index contributed by atoms with van der Waals surface area (Å²) in [4.78, 5) is 13.7. The van der Waals surface area contributed by atoms with Crippen molar-refractivity contribution in [1.29, 1.82) is 0 Å². The number of esters is 1. The van der Waals surface area contributed by atoms with Crippen molar-refractivity contribution < 1.29 is 13.9 Å². The van der Waals surface area contributed by atoms with Crippen LogP contribution in [0.5, 0.6) is 0 Å². The molecule has 0 spiro atoms. The Hall–Kier alpha value is -1.42. The Labute approximate surface area is 107 Å². The summed E-state index contributed by atoms with van der Waals surface area (Å²) in [6, 6.07) is 5.99. The Kier molecular flexibility index (Phi) is 4.70. The molecule has 1 heterocycles. The molecule has 0 aromatic heterocycles. The molecular weight excluding hydrogens is 233 g/mol. The maximum Gasteiger partial charge on any atom is 0.320 e. The van der Waals surface area contributed by atoms with Gasteiger partial charge in [0.25, 0.3) is 0 Å². The molecule has 3 nitrogen and oxygen atoms in total. The Morgan fingerprint density at radius 3 is 2.50 bits per heavy atom. The molecule has 0 bridgehead atoms. The van der Waals surface area contributed by atoms with Crippen LogP contribution in [0, 0.1) is 5.82 Å². The SMILES string of the molecule is O=C(CN1CCCCC1)OCc1ccc(F)cc1. The molecule has 4 heteroatoms. The van der Waals surface area contributed by atoms with E-state index in [4.69, 9.17) is 4.74 Å². The Morgan fingerprint density at radius 1 is 1.17 bits per heavy atom. The zero-order chi connectivity index (χ0) is 12.8. The molecule has 0 atom stereocenters. The highest BCUT2D eigenvalue weighted by Gasteiger charge is 2.14. The van der Waals surface area contributed by atoms with Gasteiger partial charge in [0.2, 0.25) is 0 Å². The maximum atomic E-state index is 12.7. The first-order valence-electron chi connectivity index (χ1n) is 6.36. The van der Waals surface area contributed by atoms with Crippen molar-refractivity contribution in [3.63, 3.8) is 0 Å². The number of carbonyl (C=O) groups excluding carboxylic acids is 1. The molecule has 0 N–H and O–H groups in total. The summed E-state index contributed by atoms with van der Waals surface area (Å²) in [5.41, 5.74) is 0.809. The summed E-state index contributed by atoms with van der Waals surface area (Å²) in [5, 5.41) is 0. The summed E-state index contributed by atoms with van der Waals surface area (Å²) in [6.45, 7) is 2.53. The van der Waals surface area contributed by atoms with E-state index in [0.29, 0.717) is 6.54 Å². The number of nitrogens with zero attached hydrogens (tertiary/aromatic N) is 1. The lowest BCUT2D eigenvalue weighted by molar-refractivity contribution is -0.146. The van der Waals surface area contributed by atoms with Crippen LogP contribution in [0.4, 0.5) is 4.39 Å². The highest BCUT2D eigenvalue weighted by Crippen LogP contribution is 2.09. The van der Waals surface area contributed by atoms with Gasteiger partial charge in [-0.15, -0.1) is 0 Å². The van der Waals surface area contributed by atoms with Crippen molar-refractivity contribution in [3.8, 4) is 0 Å². The first kappa shape index (κ1) is 13.0. The standard InChI is InChI=1S/C14H18FNO2/c15-13-6-4-12(5-7-13)11-18-14(17)10-16-8-2-1-3-9-16/h4-7H,1-3,8-11H2. The first-order valence-corrected chi connectivity index (χ1v) is 6.36. The van der Waals surface area contributed by atoms with E-state index in [2.05, 4.69) is 4.90 Å². The fourth-order valence-electron chi connectivity index (χ4n) is 2.09. The fourth-order valence-corrected chi connectivity index (χ4v) is 2.09. The molecule has 1 saturated heterocycles. The summed E-state index contributed by atoms with van der Waals surface area (Å²) in [5.74, 6) is -0.486. The van der Waals surface area contributed by atoms with E-state index >= 15 is 0 Å². The molecule has 2 rings (SSSR count). The van der Waals surface area contributed by atoms with E-state index in [0.717, 1.165) is 31.5 Å². The van der Waals surface area contributed by atoms with Gasteiger partial charge in [0, 0.05) is 0 Å². The Balaban J connectivity index is 1.72. The molecule has 0 saturated carbocycles. The third kappa shape index (κ3) is 4.11. The smallest absolute Gasteiger partial charge is 0.320 e. The average Bonchev–Trinajstić information content (AvgIpc) is 2.39. The number of benzene rings is 1. The molecule has 0 unspecified atom stereocenters. The van der Waals surface area contributed by atoms with Crippen molar-refractivity contribution in [3.05, 3.63) is 35.6 Å². The number of piperidine rings is 1. The molecule has 1 fully saturated rings. The van der Waals surface area contributed by atoms with Crippen LogP contribution in [0.2, 0.25) is 0 Å². The zero-order valence-corrected chi connectivity index (χ0v) is 10.4. The predicted molar refractivity (Wildman–Crippen MR) is 66.5 cm³/mol. The lowest BCUT2D eigenvalue weighted by Gasteiger charge is -2.25. The van der Waals surface area contributed by atoms with Gasteiger partial charge in [-0.05, 0) is 43.6 Å². The second-order valence-corrected chi connectivity index (χ2v) is 4.62. The van der Waals surface area contributed by atoms with Crippen molar-refractivity contribution in [2.75, 3.05) is 19.6 Å². The first-order chi connectivity index (χ1) is 8.74. The van der Waals surface area contributed by atoms with Crippen LogP contribution >= 0.6 is 0 Å². The summed E-state index contributed by atoms with van der Waals surface area (Å²) in [6.07, 6.45) is 3.57. The molecule has 0 aliphatic carbocycles. The van der Waals surface area contributed by atoms with Gasteiger partial charge in [-0.2, -0.15) is 0 Å². The molecule has 0 radical (unpaired) electrons. The second kappa shape index (κ2) is 6.50. The number of rotatable bonds is 4. The summed E-state index contributed by atoms with van der Waals surface area (Å²) < 4.78 is 17.8. The quantitative estimate of drug-likeness (QED) is 0.769. The Bertz CT molecular complexity index is 385.